The van der Waals surface area contributed by atoms with Crippen LogP contribution in [0.5, 0.6) is 11.5 Å². The third-order valence-electron chi connectivity index (χ3n) is 6.12. The second-order valence-electron chi connectivity index (χ2n) is 8.15. The van der Waals surface area contributed by atoms with Gasteiger partial charge in [0.1, 0.15) is 17.3 Å². The molecule has 0 aliphatic heterocycles. The topological polar surface area (TPSA) is 90.7 Å². The number of benzene rings is 3. The van der Waals surface area contributed by atoms with Gasteiger partial charge in [-0.05, 0) is 74.0 Å². The summed E-state index contributed by atoms with van der Waals surface area (Å²) in [4.78, 5) is 18.6. The first-order valence-corrected chi connectivity index (χ1v) is 12.4. The van der Waals surface area contributed by atoms with Gasteiger partial charge >= 0.3 is 0 Å². The van der Waals surface area contributed by atoms with Crippen molar-refractivity contribution in [3.8, 4) is 17.2 Å². The van der Waals surface area contributed by atoms with Crippen LogP contribution in [0.25, 0.3) is 16.6 Å². The lowest BCUT2D eigenvalue weighted by molar-refractivity contribution is 0.378. The number of aryl methyl sites for hydroxylation is 1. The molecule has 8 nitrogen and oxygen atoms in total. The molecule has 182 valence electrons. The highest BCUT2D eigenvalue weighted by molar-refractivity contribution is 7.89. The molecule has 35 heavy (non-hydrogen) atoms. The number of aromatic nitrogens is 2. The lowest BCUT2D eigenvalue weighted by Crippen LogP contribution is -2.35. The zero-order valence-electron chi connectivity index (χ0n) is 20.2. The summed E-state index contributed by atoms with van der Waals surface area (Å²) in [7, 11) is 0.670. The van der Waals surface area contributed by atoms with E-state index < -0.39 is 16.1 Å². The molecule has 0 saturated heterocycles. The van der Waals surface area contributed by atoms with E-state index in [1.807, 2.05) is 19.1 Å². The molecule has 4 rings (SSSR count). The van der Waals surface area contributed by atoms with E-state index in [2.05, 4.69) is 0 Å². The summed E-state index contributed by atoms with van der Waals surface area (Å²) >= 11 is 0. The maximum atomic E-state index is 13.8. The van der Waals surface area contributed by atoms with Crippen LogP contribution in [-0.4, -0.2) is 43.5 Å². The second-order valence-corrected chi connectivity index (χ2v) is 10.1. The highest BCUT2D eigenvalue weighted by Gasteiger charge is 2.30. The van der Waals surface area contributed by atoms with Crippen LogP contribution in [0.4, 0.5) is 0 Å². The van der Waals surface area contributed by atoms with Gasteiger partial charge in [0.25, 0.3) is 5.56 Å². The summed E-state index contributed by atoms with van der Waals surface area (Å²) in [5.41, 5.74) is 1.60. The van der Waals surface area contributed by atoms with Crippen LogP contribution in [0.1, 0.15) is 24.4 Å². The number of nitrogens with zero attached hydrogens (tertiary/aromatic N) is 3. The van der Waals surface area contributed by atoms with Crippen molar-refractivity contribution in [2.24, 2.45) is 0 Å². The average Bonchev–Trinajstić information content (AvgIpc) is 2.87. The first kappa shape index (κ1) is 24.4. The van der Waals surface area contributed by atoms with Gasteiger partial charge in [-0.3, -0.25) is 9.36 Å². The smallest absolute Gasteiger partial charge is 0.266 e. The van der Waals surface area contributed by atoms with Gasteiger partial charge < -0.3 is 9.47 Å². The average molecular weight is 494 g/mol. The SMILES string of the molecule is COc1ccc(-n2c(C(C)N(C)S(=O)(=O)c3ccc(OC)cc3)nc3cccc(C)c3c2=O)cc1. The van der Waals surface area contributed by atoms with Crippen LogP contribution in [0.2, 0.25) is 0 Å². The largest absolute Gasteiger partial charge is 0.497 e. The molecular weight excluding hydrogens is 466 g/mol. The molecule has 1 unspecified atom stereocenters. The summed E-state index contributed by atoms with van der Waals surface area (Å²) in [6, 6.07) is 17.8. The zero-order chi connectivity index (χ0) is 25.3. The second kappa shape index (κ2) is 9.52. The van der Waals surface area contributed by atoms with Gasteiger partial charge in [0.05, 0.1) is 41.7 Å². The van der Waals surface area contributed by atoms with Crippen LogP contribution in [0.15, 0.2) is 76.4 Å². The van der Waals surface area contributed by atoms with Gasteiger partial charge in [-0.15, -0.1) is 0 Å². The molecule has 0 fully saturated rings. The minimum atomic E-state index is -3.89. The third-order valence-corrected chi connectivity index (χ3v) is 8.06. The number of hydrogen-bond acceptors (Lipinski definition) is 6. The fourth-order valence-corrected chi connectivity index (χ4v) is 5.28. The molecule has 3 aromatic carbocycles. The van der Waals surface area contributed by atoms with E-state index >= 15 is 0 Å². The summed E-state index contributed by atoms with van der Waals surface area (Å²) in [6.45, 7) is 3.57. The van der Waals surface area contributed by atoms with Crippen LogP contribution in [0, 0.1) is 6.92 Å². The predicted molar refractivity (Wildman–Crippen MR) is 135 cm³/mol. The molecule has 0 radical (unpaired) electrons. The maximum absolute atomic E-state index is 13.8. The van der Waals surface area contributed by atoms with Crippen molar-refractivity contribution in [1.29, 1.82) is 0 Å². The molecular formula is C26H27N3O5S. The van der Waals surface area contributed by atoms with Crippen LogP contribution in [-0.2, 0) is 10.0 Å². The Hall–Kier alpha value is -3.69. The van der Waals surface area contributed by atoms with E-state index in [-0.39, 0.29) is 10.5 Å². The number of ether oxygens (including phenoxy) is 2. The van der Waals surface area contributed by atoms with Crippen molar-refractivity contribution in [3.63, 3.8) is 0 Å². The fourth-order valence-electron chi connectivity index (χ4n) is 3.96. The van der Waals surface area contributed by atoms with E-state index in [1.54, 1.807) is 56.5 Å². The van der Waals surface area contributed by atoms with Crippen LogP contribution >= 0.6 is 0 Å². The lowest BCUT2D eigenvalue weighted by Gasteiger charge is -2.26. The van der Waals surface area contributed by atoms with Gasteiger partial charge in [0.15, 0.2) is 0 Å². The van der Waals surface area contributed by atoms with Crippen molar-refractivity contribution < 1.29 is 17.9 Å². The Morgan fingerprint density at radius 2 is 1.49 bits per heavy atom. The van der Waals surface area contributed by atoms with E-state index in [1.165, 1.54) is 35.2 Å². The van der Waals surface area contributed by atoms with Crippen molar-refractivity contribution in [2.45, 2.75) is 24.8 Å². The van der Waals surface area contributed by atoms with Crippen LogP contribution in [0.3, 0.4) is 0 Å². The van der Waals surface area contributed by atoms with E-state index in [4.69, 9.17) is 14.5 Å². The minimum absolute atomic E-state index is 0.114. The molecule has 1 aromatic heterocycles. The fraction of sp³-hybridized carbons (Fsp3) is 0.231. The molecule has 0 N–H and O–H groups in total. The van der Waals surface area contributed by atoms with Crippen LogP contribution < -0.4 is 15.0 Å². The molecule has 4 aromatic rings. The normalized spacial score (nSPS) is 12.6. The minimum Gasteiger partial charge on any atom is -0.497 e. The molecule has 0 saturated carbocycles. The Morgan fingerprint density at radius 1 is 0.914 bits per heavy atom. The van der Waals surface area contributed by atoms with Gasteiger partial charge in [-0.1, -0.05) is 12.1 Å². The number of methoxy groups -OCH3 is 2. The Kier molecular flexibility index (Phi) is 6.64. The maximum Gasteiger partial charge on any atom is 0.266 e. The molecule has 0 spiro atoms. The predicted octanol–water partition coefficient (Wildman–Crippen LogP) is 4.09. The molecule has 0 aliphatic rings. The standard InChI is InChI=1S/C26H27N3O5S/c1-17-7-6-8-23-24(17)26(30)29(19-9-11-20(33-4)12-10-19)25(27-23)18(2)28(3)35(31,32)22-15-13-21(34-5)14-16-22/h6-16,18H,1-5H3. The van der Waals surface area contributed by atoms with Crippen molar-refractivity contribution >= 4 is 20.9 Å². The van der Waals surface area contributed by atoms with Crippen molar-refractivity contribution in [1.82, 2.24) is 13.9 Å². The molecule has 0 bridgehead atoms. The Balaban J connectivity index is 1.90. The Labute approximate surface area is 204 Å². The molecule has 1 atom stereocenters. The van der Waals surface area contributed by atoms with Gasteiger partial charge in [0, 0.05) is 7.05 Å². The van der Waals surface area contributed by atoms with Gasteiger partial charge in [-0.25, -0.2) is 13.4 Å². The lowest BCUT2D eigenvalue weighted by atomic mass is 10.1. The van der Waals surface area contributed by atoms with E-state index in [0.717, 1.165) is 5.56 Å². The zero-order valence-corrected chi connectivity index (χ0v) is 21.0. The summed E-state index contributed by atoms with van der Waals surface area (Å²) in [5.74, 6) is 1.50. The molecule has 9 heteroatoms. The number of hydrogen-bond donors (Lipinski definition) is 0. The summed E-state index contributed by atoms with van der Waals surface area (Å²) in [5, 5.41) is 0.486. The molecule has 0 amide bonds. The van der Waals surface area contributed by atoms with Crippen molar-refractivity contribution in [3.05, 3.63) is 88.5 Å². The van der Waals surface area contributed by atoms with E-state index in [9.17, 15) is 13.2 Å². The third kappa shape index (κ3) is 4.40. The van der Waals surface area contributed by atoms with Gasteiger partial charge in [0.2, 0.25) is 10.0 Å². The monoisotopic (exact) mass is 493 g/mol. The molecule has 1 heterocycles. The summed E-state index contributed by atoms with van der Waals surface area (Å²) < 4.78 is 39.9. The molecule has 0 aliphatic carbocycles. The highest BCUT2D eigenvalue weighted by atomic mass is 32.2. The number of rotatable bonds is 7. The summed E-state index contributed by atoms with van der Waals surface area (Å²) in [6.07, 6.45) is 0. The quantitative estimate of drug-likeness (QED) is 0.385. The van der Waals surface area contributed by atoms with Crippen molar-refractivity contribution in [2.75, 3.05) is 21.3 Å². The van der Waals surface area contributed by atoms with Gasteiger partial charge in [-0.2, -0.15) is 4.31 Å². The first-order chi connectivity index (χ1) is 16.7. The highest BCUT2D eigenvalue weighted by Crippen LogP contribution is 2.28. The Bertz CT molecular complexity index is 1530. The number of fused-ring (bicyclic) bond motifs is 1. The first-order valence-electron chi connectivity index (χ1n) is 11.0. The van der Waals surface area contributed by atoms with E-state index in [0.29, 0.717) is 33.9 Å². The Morgan fingerprint density at radius 3 is 2.06 bits per heavy atom. The number of sulfonamides is 1.